The summed E-state index contributed by atoms with van der Waals surface area (Å²) < 4.78 is 25.6. The van der Waals surface area contributed by atoms with Crippen LogP contribution < -0.4 is 10.0 Å². The molecule has 6 nitrogen and oxygen atoms in total. The molecule has 0 bridgehead atoms. The molecule has 0 unspecified atom stereocenters. The van der Waals surface area contributed by atoms with Gasteiger partial charge in [0.25, 0.3) is 0 Å². The van der Waals surface area contributed by atoms with Gasteiger partial charge in [0.1, 0.15) is 0 Å². The molecule has 1 heterocycles. The van der Waals surface area contributed by atoms with Crippen LogP contribution in [0.3, 0.4) is 0 Å². The molecular weight excluding hydrogens is 350 g/mol. The molecule has 136 valence electrons. The second kappa shape index (κ2) is 9.36. The lowest BCUT2D eigenvalue weighted by molar-refractivity contribution is -0.132. The lowest BCUT2D eigenvalue weighted by Crippen LogP contribution is -2.44. The summed E-state index contributed by atoms with van der Waals surface area (Å²) in [5.41, 5.74) is 0.965. The Kier molecular flexibility index (Phi) is 8.15. The fraction of sp³-hybridized carbons (Fsp3) is 0.562. The molecule has 1 saturated heterocycles. The average molecular weight is 376 g/mol. The number of carbonyl (C=O) groups is 1. The molecule has 1 aromatic carbocycles. The first-order chi connectivity index (χ1) is 10.9. The fourth-order valence-corrected chi connectivity index (χ4v) is 3.51. The van der Waals surface area contributed by atoms with E-state index in [1.54, 1.807) is 24.3 Å². The molecule has 0 aromatic heterocycles. The quantitative estimate of drug-likeness (QED) is 0.782. The topological polar surface area (TPSA) is 78.5 Å². The fourth-order valence-electron chi connectivity index (χ4n) is 2.78. The highest BCUT2D eigenvalue weighted by atomic mass is 35.5. The van der Waals surface area contributed by atoms with Gasteiger partial charge in [0.2, 0.25) is 15.9 Å². The smallest absolute Gasteiger partial charge is 0.240 e. The number of hydrogen-bond donors (Lipinski definition) is 2. The number of benzene rings is 1. The van der Waals surface area contributed by atoms with Crippen molar-refractivity contribution in [2.75, 3.05) is 27.2 Å². The molecule has 24 heavy (non-hydrogen) atoms. The number of rotatable bonds is 6. The first kappa shape index (κ1) is 20.9. The molecule has 1 aliphatic heterocycles. The molecule has 1 aliphatic rings. The minimum absolute atomic E-state index is 0. The normalized spacial score (nSPS) is 15.6. The maximum absolute atomic E-state index is 12.3. The molecule has 2 rings (SSSR count). The van der Waals surface area contributed by atoms with E-state index in [1.165, 1.54) is 7.05 Å². The third kappa shape index (κ3) is 5.44. The highest BCUT2D eigenvalue weighted by Gasteiger charge is 2.21. The molecule has 0 aliphatic carbocycles. The second-order valence-corrected chi connectivity index (χ2v) is 7.72. The Bertz CT molecular complexity index is 628. The Hall–Kier alpha value is -1.15. The van der Waals surface area contributed by atoms with Crippen LogP contribution in [0.15, 0.2) is 29.2 Å². The lowest BCUT2D eigenvalue weighted by atomic mass is 10.0. The molecule has 8 heteroatoms. The first-order valence-corrected chi connectivity index (χ1v) is 9.41. The Balaban J connectivity index is 0.00000288. The minimum Gasteiger partial charge on any atom is -0.343 e. The van der Waals surface area contributed by atoms with Crippen molar-refractivity contribution >= 4 is 28.3 Å². The third-order valence-corrected chi connectivity index (χ3v) is 5.81. The molecule has 2 N–H and O–H groups in total. The van der Waals surface area contributed by atoms with Gasteiger partial charge in [-0.05, 0) is 57.1 Å². The van der Waals surface area contributed by atoms with Crippen LogP contribution in [-0.2, 0) is 21.2 Å². The van der Waals surface area contributed by atoms with Crippen LogP contribution in [0.2, 0.25) is 0 Å². The largest absolute Gasteiger partial charge is 0.343 e. The van der Waals surface area contributed by atoms with Crippen molar-refractivity contribution in [2.45, 2.75) is 36.6 Å². The standard InChI is InChI=1S/C16H25N3O3S.ClH/c1-17-23(21,22)15-6-3-13(4-7-15)5-8-16(20)19(2)14-9-11-18-12-10-14;/h3-4,6-7,14,17-18H,5,8-12H2,1-2H3;1H. The van der Waals surface area contributed by atoms with Crippen LogP contribution in [0.25, 0.3) is 0 Å². The van der Waals surface area contributed by atoms with Gasteiger partial charge in [-0.1, -0.05) is 12.1 Å². The second-order valence-electron chi connectivity index (χ2n) is 5.84. The minimum atomic E-state index is -3.41. The molecule has 0 saturated carbocycles. The van der Waals surface area contributed by atoms with E-state index in [0.717, 1.165) is 31.5 Å². The van der Waals surface area contributed by atoms with Crippen molar-refractivity contribution in [3.8, 4) is 0 Å². The van der Waals surface area contributed by atoms with Gasteiger partial charge < -0.3 is 10.2 Å². The molecular formula is C16H26ClN3O3S. The average Bonchev–Trinajstić information content (AvgIpc) is 2.60. The Morgan fingerprint density at radius 3 is 2.38 bits per heavy atom. The van der Waals surface area contributed by atoms with E-state index in [-0.39, 0.29) is 23.2 Å². The van der Waals surface area contributed by atoms with Crippen molar-refractivity contribution < 1.29 is 13.2 Å². The molecule has 1 fully saturated rings. The highest BCUT2D eigenvalue weighted by Crippen LogP contribution is 2.14. The Morgan fingerprint density at radius 2 is 1.83 bits per heavy atom. The van der Waals surface area contributed by atoms with Crippen molar-refractivity contribution in [3.05, 3.63) is 29.8 Å². The monoisotopic (exact) mass is 375 g/mol. The number of hydrogen-bond acceptors (Lipinski definition) is 4. The summed E-state index contributed by atoms with van der Waals surface area (Å²) in [5, 5.41) is 3.30. The zero-order chi connectivity index (χ0) is 16.9. The van der Waals surface area contributed by atoms with Crippen molar-refractivity contribution in [3.63, 3.8) is 0 Å². The van der Waals surface area contributed by atoms with Gasteiger partial charge in [0.15, 0.2) is 0 Å². The first-order valence-electron chi connectivity index (χ1n) is 7.93. The third-order valence-electron chi connectivity index (χ3n) is 4.38. The zero-order valence-electron chi connectivity index (χ0n) is 14.1. The number of amides is 1. The summed E-state index contributed by atoms with van der Waals surface area (Å²) in [7, 11) is -0.142. The van der Waals surface area contributed by atoms with E-state index in [2.05, 4.69) is 10.0 Å². The van der Waals surface area contributed by atoms with E-state index in [4.69, 9.17) is 0 Å². The van der Waals surface area contributed by atoms with Crippen LogP contribution in [0.1, 0.15) is 24.8 Å². The molecule has 0 radical (unpaired) electrons. The number of nitrogens with zero attached hydrogens (tertiary/aromatic N) is 1. The predicted octanol–water partition coefficient (Wildman–Crippen LogP) is 1.16. The van der Waals surface area contributed by atoms with Gasteiger partial charge >= 0.3 is 0 Å². The summed E-state index contributed by atoms with van der Waals surface area (Å²) >= 11 is 0. The summed E-state index contributed by atoms with van der Waals surface area (Å²) in [4.78, 5) is 14.4. The molecule has 0 spiro atoms. The van der Waals surface area contributed by atoms with Crippen molar-refractivity contribution in [2.24, 2.45) is 0 Å². The summed E-state index contributed by atoms with van der Waals surface area (Å²) in [6, 6.07) is 7.00. The zero-order valence-corrected chi connectivity index (χ0v) is 15.8. The number of piperidine rings is 1. The van der Waals surface area contributed by atoms with E-state index in [0.29, 0.717) is 18.9 Å². The van der Waals surface area contributed by atoms with E-state index < -0.39 is 10.0 Å². The SMILES string of the molecule is CNS(=O)(=O)c1ccc(CCC(=O)N(C)C2CCNCC2)cc1.Cl. The van der Waals surface area contributed by atoms with Gasteiger partial charge in [-0.3, -0.25) is 4.79 Å². The lowest BCUT2D eigenvalue weighted by Gasteiger charge is -2.31. The van der Waals surface area contributed by atoms with Crippen LogP contribution >= 0.6 is 12.4 Å². The summed E-state index contributed by atoms with van der Waals surface area (Å²) in [5.74, 6) is 0.142. The Morgan fingerprint density at radius 1 is 1.25 bits per heavy atom. The summed E-state index contributed by atoms with van der Waals surface area (Å²) in [6.07, 6.45) is 3.06. The van der Waals surface area contributed by atoms with Crippen molar-refractivity contribution in [1.29, 1.82) is 0 Å². The number of nitrogens with one attached hydrogen (secondary N) is 2. The number of sulfonamides is 1. The number of carbonyl (C=O) groups excluding carboxylic acids is 1. The molecule has 0 atom stereocenters. The van der Waals surface area contributed by atoms with Gasteiger partial charge in [0.05, 0.1) is 4.90 Å². The molecule has 1 amide bonds. The van der Waals surface area contributed by atoms with Gasteiger partial charge in [-0.15, -0.1) is 12.4 Å². The maximum atomic E-state index is 12.3. The van der Waals surface area contributed by atoms with Gasteiger partial charge in [-0.2, -0.15) is 0 Å². The number of halogens is 1. The maximum Gasteiger partial charge on any atom is 0.240 e. The number of aryl methyl sites for hydroxylation is 1. The van der Waals surface area contributed by atoms with Gasteiger partial charge in [0, 0.05) is 19.5 Å². The van der Waals surface area contributed by atoms with Crippen LogP contribution in [-0.4, -0.2) is 52.5 Å². The van der Waals surface area contributed by atoms with E-state index in [9.17, 15) is 13.2 Å². The van der Waals surface area contributed by atoms with Crippen LogP contribution in [0.4, 0.5) is 0 Å². The van der Waals surface area contributed by atoms with Gasteiger partial charge in [-0.25, -0.2) is 13.1 Å². The molecule has 1 aromatic rings. The van der Waals surface area contributed by atoms with Crippen LogP contribution in [0, 0.1) is 0 Å². The Labute approximate surface area is 150 Å². The van der Waals surface area contributed by atoms with Crippen LogP contribution in [0.5, 0.6) is 0 Å². The van der Waals surface area contributed by atoms with Crippen molar-refractivity contribution in [1.82, 2.24) is 14.9 Å². The van der Waals surface area contributed by atoms with E-state index >= 15 is 0 Å². The highest BCUT2D eigenvalue weighted by molar-refractivity contribution is 7.89. The summed E-state index contributed by atoms with van der Waals surface area (Å²) in [6.45, 7) is 1.92. The predicted molar refractivity (Wildman–Crippen MR) is 96.9 cm³/mol. The van der Waals surface area contributed by atoms with E-state index in [1.807, 2.05) is 11.9 Å².